The third-order valence-electron chi connectivity index (χ3n) is 6.18. The molecule has 1 unspecified atom stereocenters. The third-order valence-corrected chi connectivity index (χ3v) is 7.43. The van der Waals surface area contributed by atoms with Gasteiger partial charge in [-0.2, -0.15) is 4.98 Å². The molecule has 0 saturated heterocycles. The molecule has 1 atom stereocenters. The van der Waals surface area contributed by atoms with Gasteiger partial charge in [-0.15, -0.1) is 5.10 Å². The van der Waals surface area contributed by atoms with E-state index in [1.807, 2.05) is 24.3 Å². The molecular formula is C27H23ClN6O4S. The van der Waals surface area contributed by atoms with Crippen molar-refractivity contribution in [2.24, 2.45) is 0 Å². The highest BCUT2D eigenvalue weighted by Crippen LogP contribution is 2.40. The molecular weight excluding hydrogens is 540 g/mol. The number of nitrogens with zero attached hydrogens (tertiary/aromatic N) is 4. The zero-order valence-electron chi connectivity index (χ0n) is 20.9. The number of rotatable bonds is 8. The van der Waals surface area contributed by atoms with Crippen LogP contribution in [0.15, 0.2) is 89.2 Å². The number of carbonyl (C=O) groups excluding carboxylic acids is 1. The van der Waals surface area contributed by atoms with Crippen molar-refractivity contribution >= 4 is 46.6 Å². The topological polar surface area (TPSA) is 124 Å². The summed E-state index contributed by atoms with van der Waals surface area (Å²) in [7, 11) is 1.51. The summed E-state index contributed by atoms with van der Waals surface area (Å²) >= 11 is 7.68. The zero-order chi connectivity index (χ0) is 27.5. The number of amides is 1. The predicted molar refractivity (Wildman–Crippen MR) is 150 cm³/mol. The van der Waals surface area contributed by atoms with Gasteiger partial charge < -0.3 is 15.4 Å². The van der Waals surface area contributed by atoms with E-state index in [0.29, 0.717) is 44.6 Å². The molecule has 1 aliphatic heterocycles. The molecule has 4 aromatic rings. The van der Waals surface area contributed by atoms with E-state index in [1.165, 1.54) is 29.6 Å². The number of allylic oxidation sites excluding steroid dienone is 1. The number of carbonyl (C=O) groups is 1. The van der Waals surface area contributed by atoms with Crippen molar-refractivity contribution in [2.45, 2.75) is 23.9 Å². The van der Waals surface area contributed by atoms with E-state index in [-0.39, 0.29) is 11.3 Å². The van der Waals surface area contributed by atoms with Crippen LogP contribution in [0.5, 0.6) is 5.75 Å². The van der Waals surface area contributed by atoms with Gasteiger partial charge >= 0.3 is 0 Å². The molecule has 1 aliphatic rings. The molecule has 1 aromatic heterocycles. The van der Waals surface area contributed by atoms with Crippen LogP contribution in [-0.2, 0) is 10.5 Å². The first-order valence-corrected chi connectivity index (χ1v) is 13.2. The molecule has 0 bridgehead atoms. The van der Waals surface area contributed by atoms with Crippen molar-refractivity contribution in [3.8, 4) is 5.75 Å². The highest BCUT2D eigenvalue weighted by atomic mass is 35.5. The Hall–Kier alpha value is -4.35. The molecule has 0 fully saturated rings. The first kappa shape index (κ1) is 26.3. The smallest absolute Gasteiger partial charge is 0.275 e. The van der Waals surface area contributed by atoms with E-state index in [1.54, 1.807) is 49.4 Å². The minimum Gasteiger partial charge on any atom is -0.495 e. The van der Waals surface area contributed by atoms with Crippen LogP contribution in [0, 0.1) is 10.1 Å². The van der Waals surface area contributed by atoms with Gasteiger partial charge in [-0.3, -0.25) is 14.9 Å². The lowest BCUT2D eigenvalue weighted by Crippen LogP contribution is -2.32. The summed E-state index contributed by atoms with van der Waals surface area (Å²) in [6.45, 7) is 1.73. The number of fused-ring (bicyclic) bond motifs is 1. The number of thioether (sulfide) groups is 1. The number of hydrogen-bond donors (Lipinski definition) is 2. The zero-order valence-corrected chi connectivity index (χ0v) is 22.5. The maximum Gasteiger partial charge on any atom is 0.275 e. The Bertz CT molecular complexity index is 1600. The van der Waals surface area contributed by atoms with E-state index in [4.69, 9.17) is 16.3 Å². The number of nitro benzene ring substituents is 1. The SMILES string of the molecule is COc1ccccc1NC(=O)C1=C(C)Nc2nc(SCc3ccccc3Cl)nn2C1c1ccccc1[N+](=O)[O-]. The van der Waals surface area contributed by atoms with Gasteiger partial charge in [-0.25, -0.2) is 4.68 Å². The van der Waals surface area contributed by atoms with Crippen molar-refractivity contribution in [2.75, 3.05) is 17.7 Å². The summed E-state index contributed by atoms with van der Waals surface area (Å²) in [5, 5.41) is 23.8. The van der Waals surface area contributed by atoms with Crippen LogP contribution in [0.25, 0.3) is 0 Å². The molecule has 198 valence electrons. The number of nitro groups is 1. The van der Waals surface area contributed by atoms with Gasteiger partial charge in [0.1, 0.15) is 11.8 Å². The summed E-state index contributed by atoms with van der Waals surface area (Å²) in [4.78, 5) is 29.9. The van der Waals surface area contributed by atoms with Gasteiger partial charge in [-0.05, 0) is 36.8 Å². The van der Waals surface area contributed by atoms with Crippen LogP contribution in [0.1, 0.15) is 24.1 Å². The first-order chi connectivity index (χ1) is 18.9. The van der Waals surface area contributed by atoms with Crippen molar-refractivity contribution in [3.63, 3.8) is 0 Å². The number of anilines is 2. The quantitative estimate of drug-likeness (QED) is 0.151. The van der Waals surface area contributed by atoms with Crippen molar-refractivity contribution in [3.05, 3.63) is 110 Å². The van der Waals surface area contributed by atoms with Crippen LogP contribution in [0.2, 0.25) is 5.02 Å². The Labute approximate surface area is 233 Å². The van der Waals surface area contributed by atoms with Gasteiger partial charge in [0.25, 0.3) is 11.6 Å². The number of methoxy groups -OCH3 is 1. The Kier molecular flexibility index (Phi) is 7.53. The largest absolute Gasteiger partial charge is 0.495 e. The normalized spacial score (nSPS) is 14.4. The second-order valence-corrected chi connectivity index (χ2v) is 9.93. The molecule has 10 nitrogen and oxygen atoms in total. The van der Waals surface area contributed by atoms with Crippen molar-refractivity contribution in [1.29, 1.82) is 0 Å². The predicted octanol–water partition coefficient (Wildman–Crippen LogP) is 6.07. The first-order valence-electron chi connectivity index (χ1n) is 11.9. The van der Waals surface area contributed by atoms with E-state index >= 15 is 0 Å². The molecule has 0 radical (unpaired) electrons. The van der Waals surface area contributed by atoms with Crippen LogP contribution >= 0.6 is 23.4 Å². The van der Waals surface area contributed by atoms with Crippen molar-refractivity contribution in [1.82, 2.24) is 14.8 Å². The van der Waals surface area contributed by atoms with Crippen LogP contribution in [0.3, 0.4) is 0 Å². The van der Waals surface area contributed by atoms with Gasteiger partial charge in [-0.1, -0.05) is 65.8 Å². The number of para-hydroxylation sites is 3. The average molecular weight is 563 g/mol. The molecule has 2 N–H and O–H groups in total. The molecule has 12 heteroatoms. The maximum atomic E-state index is 13.8. The van der Waals surface area contributed by atoms with Crippen LogP contribution in [-0.4, -0.2) is 32.7 Å². The summed E-state index contributed by atoms with van der Waals surface area (Å²) < 4.78 is 6.89. The Morgan fingerprint density at radius 1 is 1.15 bits per heavy atom. The number of halogens is 1. The number of benzene rings is 3. The third kappa shape index (κ3) is 5.31. The number of ether oxygens (including phenoxy) is 1. The molecule has 0 spiro atoms. The monoisotopic (exact) mass is 562 g/mol. The summed E-state index contributed by atoms with van der Waals surface area (Å²) in [6, 6.07) is 19.9. The maximum absolute atomic E-state index is 13.8. The van der Waals surface area contributed by atoms with E-state index in [0.717, 1.165) is 5.56 Å². The molecule has 3 aromatic carbocycles. The highest BCUT2D eigenvalue weighted by Gasteiger charge is 2.38. The number of aromatic nitrogens is 3. The van der Waals surface area contributed by atoms with Gasteiger partial charge in [0.15, 0.2) is 0 Å². The number of nitrogens with one attached hydrogen (secondary N) is 2. The second kappa shape index (κ2) is 11.2. The fourth-order valence-electron chi connectivity index (χ4n) is 4.35. The molecule has 1 amide bonds. The highest BCUT2D eigenvalue weighted by molar-refractivity contribution is 7.98. The minimum absolute atomic E-state index is 0.133. The lowest BCUT2D eigenvalue weighted by Gasteiger charge is -2.28. The number of hydrogen-bond acceptors (Lipinski definition) is 8. The molecule has 0 aliphatic carbocycles. The standard InChI is InChI=1S/C27H23ClN6O4S/c1-16-23(25(35)30-20-12-6-8-14-22(20)38-2)24(18-10-4-7-13-21(18)34(36)37)33-26(29-16)31-27(32-33)39-15-17-9-3-5-11-19(17)28/h3-14,24H,15H2,1-2H3,(H,30,35)(H,29,31,32). The lowest BCUT2D eigenvalue weighted by molar-refractivity contribution is -0.385. The average Bonchev–Trinajstić information content (AvgIpc) is 3.34. The van der Waals surface area contributed by atoms with Gasteiger partial charge in [0.2, 0.25) is 11.1 Å². The molecule has 2 heterocycles. The van der Waals surface area contributed by atoms with E-state index < -0.39 is 16.9 Å². The Morgan fingerprint density at radius 2 is 1.87 bits per heavy atom. The fraction of sp³-hybridized carbons (Fsp3) is 0.148. The van der Waals surface area contributed by atoms with Crippen LogP contribution in [0.4, 0.5) is 17.3 Å². The molecule has 0 saturated carbocycles. The summed E-state index contributed by atoms with van der Waals surface area (Å²) in [5.41, 5.74) is 2.32. The van der Waals surface area contributed by atoms with E-state index in [2.05, 4.69) is 20.7 Å². The summed E-state index contributed by atoms with van der Waals surface area (Å²) in [6.07, 6.45) is 0. The van der Waals surface area contributed by atoms with Gasteiger partial charge in [0.05, 0.1) is 28.9 Å². The second-order valence-electron chi connectivity index (χ2n) is 8.58. The summed E-state index contributed by atoms with van der Waals surface area (Å²) in [5.74, 6) is 0.910. The Morgan fingerprint density at radius 3 is 2.64 bits per heavy atom. The fourth-order valence-corrected chi connectivity index (χ4v) is 5.47. The van der Waals surface area contributed by atoms with Crippen LogP contribution < -0.4 is 15.4 Å². The van der Waals surface area contributed by atoms with Crippen molar-refractivity contribution < 1.29 is 14.5 Å². The molecule has 39 heavy (non-hydrogen) atoms. The van der Waals surface area contributed by atoms with Gasteiger partial charge in [0, 0.05) is 22.5 Å². The van der Waals surface area contributed by atoms with E-state index in [9.17, 15) is 14.9 Å². The lowest BCUT2D eigenvalue weighted by atomic mass is 9.93. The minimum atomic E-state index is -0.917. The Balaban J connectivity index is 1.56. The molecule has 5 rings (SSSR count).